The van der Waals surface area contributed by atoms with Crippen molar-refractivity contribution in [2.45, 2.75) is 12.8 Å². The summed E-state index contributed by atoms with van der Waals surface area (Å²) in [6.45, 7) is 0. The third kappa shape index (κ3) is 4.39. The first kappa shape index (κ1) is 17.1. The summed E-state index contributed by atoms with van der Waals surface area (Å²) in [5, 5.41) is 20.9. The summed E-state index contributed by atoms with van der Waals surface area (Å²) in [4.78, 5) is 34.6. The number of aromatic carboxylic acids is 1. The molecule has 24 heavy (non-hydrogen) atoms. The van der Waals surface area contributed by atoms with Crippen LogP contribution in [0.4, 0.5) is 10.1 Å². The number of hydrogen-bond acceptors (Lipinski definition) is 4. The number of phenolic OH excluding ortho intramolecular Hbond substituents is 1. The average Bonchev–Trinajstić information content (AvgIpc) is 2.55. The van der Waals surface area contributed by atoms with Crippen LogP contribution in [0.3, 0.4) is 0 Å². The monoisotopic (exact) mass is 331 g/mol. The number of carboxylic acids is 1. The van der Waals surface area contributed by atoms with Crippen LogP contribution in [0.1, 0.15) is 33.6 Å². The minimum atomic E-state index is -1.20. The summed E-state index contributed by atoms with van der Waals surface area (Å²) in [7, 11) is 0. The molecular weight excluding hydrogens is 317 g/mol. The number of carboxylic acid groups (broad SMARTS) is 1. The van der Waals surface area contributed by atoms with Gasteiger partial charge in [-0.05, 0) is 42.5 Å². The van der Waals surface area contributed by atoms with E-state index in [0.717, 1.165) is 24.3 Å². The van der Waals surface area contributed by atoms with Crippen LogP contribution in [0.5, 0.6) is 5.75 Å². The lowest BCUT2D eigenvalue weighted by Crippen LogP contribution is -2.14. The van der Waals surface area contributed by atoms with Crippen LogP contribution in [0.25, 0.3) is 0 Å². The molecule has 1 amide bonds. The molecule has 0 spiro atoms. The maximum absolute atomic E-state index is 12.8. The molecule has 0 atom stereocenters. The van der Waals surface area contributed by atoms with Crippen LogP contribution in [0.2, 0.25) is 0 Å². The molecule has 0 saturated heterocycles. The average molecular weight is 331 g/mol. The second kappa shape index (κ2) is 7.36. The molecule has 6 nitrogen and oxygen atoms in total. The van der Waals surface area contributed by atoms with Gasteiger partial charge in [-0.3, -0.25) is 9.59 Å². The number of anilines is 1. The van der Waals surface area contributed by atoms with Crippen molar-refractivity contribution in [3.63, 3.8) is 0 Å². The van der Waals surface area contributed by atoms with E-state index < -0.39 is 17.7 Å². The van der Waals surface area contributed by atoms with Gasteiger partial charge in [0.05, 0.1) is 11.3 Å². The van der Waals surface area contributed by atoms with Crippen LogP contribution in [-0.2, 0) is 4.79 Å². The molecule has 2 rings (SSSR count). The van der Waals surface area contributed by atoms with E-state index in [1.165, 1.54) is 18.2 Å². The van der Waals surface area contributed by atoms with Crippen molar-refractivity contribution in [1.82, 2.24) is 0 Å². The Morgan fingerprint density at radius 3 is 2.21 bits per heavy atom. The summed E-state index contributed by atoms with van der Waals surface area (Å²) in [5.74, 6) is -2.81. The lowest BCUT2D eigenvalue weighted by atomic mass is 10.1. The molecular formula is C17H14FNO5. The fourth-order valence-electron chi connectivity index (χ4n) is 1.99. The zero-order chi connectivity index (χ0) is 17.7. The highest BCUT2D eigenvalue weighted by molar-refractivity contribution is 6.00. The topological polar surface area (TPSA) is 104 Å². The van der Waals surface area contributed by atoms with Gasteiger partial charge in [-0.2, -0.15) is 0 Å². The first-order chi connectivity index (χ1) is 11.4. The van der Waals surface area contributed by atoms with E-state index in [1.54, 1.807) is 0 Å². The molecule has 0 aliphatic heterocycles. The van der Waals surface area contributed by atoms with Crippen molar-refractivity contribution in [2.24, 2.45) is 0 Å². The van der Waals surface area contributed by atoms with Crippen molar-refractivity contribution in [2.75, 3.05) is 5.32 Å². The van der Waals surface area contributed by atoms with Crippen LogP contribution >= 0.6 is 0 Å². The molecule has 0 bridgehead atoms. The highest BCUT2D eigenvalue weighted by atomic mass is 19.1. The number of hydrogen-bond donors (Lipinski definition) is 3. The number of aromatic hydroxyl groups is 1. The third-order valence-electron chi connectivity index (χ3n) is 3.26. The zero-order valence-corrected chi connectivity index (χ0v) is 12.5. The fraction of sp³-hybridized carbons (Fsp3) is 0.118. The molecule has 0 aliphatic rings. The van der Waals surface area contributed by atoms with Gasteiger partial charge in [0.15, 0.2) is 5.78 Å². The molecule has 0 aliphatic carbocycles. The lowest BCUT2D eigenvalue weighted by Gasteiger charge is -2.08. The van der Waals surface area contributed by atoms with Gasteiger partial charge >= 0.3 is 5.97 Å². The molecule has 0 heterocycles. The van der Waals surface area contributed by atoms with E-state index in [-0.39, 0.29) is 35.6 Å². The second-order valence-corrected chi connectivity index (χ2v) is 5.02. The van der Waals surface area contributed by atoms with Gasteiger partial charge in [0.2, 0.25) is 5.91 Å². The van der Waals surface area contributed by atoms with Crippen molar-refractivity contribution in [3.8, 4) is 5.75 Å². The highest BCUT2D eigenvalue weighted by Gasteiger charge is 2.13. The molecule has 0 fully saturated rings. The molecule has 2 aromatic rings. The van der Waals surface area contributed by atoms with Crippen LogP contribution in [-0.4, -0.2) is 27.9 Å². The van der Waals surface area contributed by atoms with E-state index in [1.807, 2.05) is 0 Å². The number of amides is 1. The Morgan fingerprint density at radius 2 is 1.58 bits per heavy atom. The minimum absolute atomic E-state index is 0.0471. The second-order valence-electron chi connectivity index (χ2n) is 5.02. The van der Waals surface area contributed by atoms with Crippen LogP contribution < -0.4 is 5.32 Å². The number of carbonyl (C=O) groups excluding carboxylic acids is 2. The number of phenols is 1. The van der Waals surface area contributed by atoms with Gasteiger partial charge in [0.25, 0.3) is 0 Å². The Kier molecular flexibility index (Phi) is 5.26. The largest absolute Gasteiger partial charge is 0.506 e. The molecule has 0 saturated carbocycles. The molecule has 124 valence electrons. The summed E-state index contributed by atoms with van der Waals surface area (Å²) in [5.41, 5.74) is 0.152. The van der Waals surface area contributed by atoms with Crippen molar-refractivity contribution < 1.29 is 29.0 Å². The van der Waals surface area contributed by atoms with Gasteiger partial charge in [-0.25, -0.2) is 9.18 Å². The van der Waals surface area contributed by atoms with E-state index >= 15 is 0 Å². The van der Waals surface area contributed by atoms with E-state index in [9.17, 15) is 23.9 Å². The number of ketones is 1. The molecule has 0 radical (unpaired) electrons. The molecule has 7 heteroatoms. The van der Waals surface area contributed by atoms with Gasteiger partial charge in [0.1, 0.15) is 11.6 Å². The van der Waals surface area contributed by atoms with Crippen molar-refractivity contribution in [1.29, 1.82) is 0 Å². The normalized spacial score (nSPS) is 10.2. The van der Waals surface area contributed by atoms with Gasteiger partial charge in [-0.15, -0.1) is 0 Å². The van der Waals surface area contributed by atoms with Crippen LogP contribution in [0.15, 0.2) is 42.5 Å². The number of carbonyl (C=O) groups is 3. The summed E-state index contributed by atoms with van der Waals surface area (Å²) in [6.07, 6.45) is -0.260. The number of nitrogens with one attached hydrogen (secondary N) is 1. The van der Waals surface area contributed by atoms with Crippen molar-refractivity contribution in [3.05, 3.63) is 59.4 Å². The Hall–Kier alpha value is -3.22. The Balaban J connectivity index is 1.96. The number of Topliss-reactive ketones (excluding diaryl/α,β-unsaturated/α-hetero) is 1. The van der Waals surface area contributed by atoms with Crippen molar-refractivity contribution >= 4 is 23.3 Å². The Morgan fingerprint density at radius 1 is 0.958 bits per heavy atom. The first-order valence-electron chi connectivity index (χ1n) is 7.02. The van der Waals surface area contributed by atoms with Gasteiger partial charge in [0, 0.05) is 18.4 Å². The number of rotatable bonds is 6. The lowest BCUT2D eigenvalue weighted by molar-refractivity contribution is -0.116. The summed E-state index contributed by atoms with van der Waals surface area (Å²) >= 11 is 0. The summed E-state index contributed by atoms with van der Waals surface area (Å²) < 4.78 is 12.8. The van der Waals surface area contributed by atoms with Gasteiger partial charge in [-0.1, -0.05) is 0 Å². The fourth-order valence-corrected chi connectivity index (χ4v) is 1.99. The zero-order valence-electron chi connectivity index (χ0n) is 12.5. The standard InChI is InChI=1S/C17H14FNO5/c18-12-4-1-10(2-5-12)14(20)7-8-16(22)19-13-9-11(17(23)24)3-6-15(13)21/h1-6,9,21H,7-8H2,(H,19,22)(H,23,24). The Bertz CT molecular complexity index is 786. The van der Waals surface area contributed by atoms with Crippen LogP contribution in [0, 0.1) is 5.82 Å². The Labute approximate surface area is 136 Å². The predicted octanol–water partition coefficient (Wildman–Crippen LogP) is 2.83. The van der Waals surface area contributed by atoms with E-state index in [2.05, 4.69) is 5.32 Å². The highest BCUT2D eigenvalue weighted by Crippen LogP contribution is 2.24. The molecule has 3 N–H and O–H groups in total. The molecule has 0 unspecified atom stereocenters. The quantitative estimate of drug-likeness (QED) is 0.558. The SMILES string of the molecule is O=C(CCC(=O)c1ccc(F)cc1)Nc1cc(C(=O)O)ccc1O. The molecule has 0 aromatic heterocycles. The first-order valence-corrected chi connectivity index (χ1v) is 7.02. The minimum Gasteiger partial charge on any atom is -0.506 e. The van der Waals surface area contributed by atoms with E-state index in [4.69, 9.17) is 5.11 Å². The smallest absolute Gasteiger partial charge is 0.335 e. The maximum atomic E-state index is 12.8. The predicted molar refractivity (Wildman–Crippen MR) is 83.7 cm³/mol. The number of benzene rings is 2. The molecule has 2 aromatic carbocycles. The van der Waals surface area contributed by atoms with E-state index in [0.29, 0.717) is 5.56 Å². The third-order valence-corrected chi connectivity index (χ3v) is 3.26. The van der Waals surface area contributed by atoms with Gasteiger partial charge < -0.3 is 15.5 Å². The summed E-state index contributed by atoms with van der Waals surface area (Å²) in [6, 6.07) is 8.45. The number of halogens is 1. The maximum Gasteiger partial charge on any atom is 0.335 e.